The monoisotopic (exact) mass is 435 g/mol. The Kier molecular flexibility index (Phi) is 6.24. The van der Waals surface area contributed by atoms with Crippen molar-refractivity contribution < 1.29 is 8.42 Å². The normalized spacial score (nSPS) is 19.6. The van der Waals surface area contributed by atoms with Crippen molar-refractivity contribution in [3.05, 3.63) is 63.1 Å². The first-order valence-electron chi connectivity index (χ1n) is 7.71. The minimum Gasteiger partial charge on any atom is -0.207 e. The quantitative estimate of drug-likeness (QED) is 0.636. The molecule has 25 heavy (non-hydrogen) atoms. The zero-order valence-electron chi connectivity index (χ0n) is 13.2. The number of rotatable bonds is 3. The first kappa shape index (κ1) is 19.3. The van der Waals surface area contributed by atoms with E-state index in [0.29, 0.717) is 35.3 Å². The number of thioether (sulfide) groups is 1. The lowest BCUT2D eigenvalue weighted by Gasteiger charge is -2.21. The molecule has 1 heterocycles. The minimum absolute atomic E-state index is 0.0582. The van der Waals surface area contributed by atoms with Crippen molar-refractivity contribution in [3.8, 4) is 0 Å². The van der Waals surface area contributed by atoms with E-state index in [1.54, 1.807) is 17.8 Å². The highest BCUT2D eigenvalue weighted by atomic mass is 35.5. The summed E-state index contributed by atoms with van der Waals surface area (Å²) in [5, 5.41) is 1.42. The number of hydrogen-bond donors (Lipinski definition) is 0. The van der Waals surface area contributed by atoms with Gasteiger partial charge in [-0.15, -0.1) is 0 Å². The average Bonchev–Trinajstić information content (AvgIpc) is 2.84. The molecule has 1 saturated heterocycles. The van der Waals surface area contributed by atoms with Gasteiger partial charge < -0.3 is 0 Å². The van der Waals surface area contributed by atoms with Crippen LogP contribution in [0.2, 0.25) is 15.1 Å². The van der Waals surface area contributed by atoms with Gasteiger partial charge in [0.1, 0.15) is 4.90 Å². The lowest BCUT2D eigenvalue weighted by molar-refractivity contribution is 0.428. The zero-order valence-corrected chi connectivity index (χ0v) is 17.1. The fourth-order valence-electron chi connectivity index (χ4n) is 2.79. The molecule has 0 amide bonds. The van der Waals surface area contributed by atoms with Crippen LogP contribution >= 0.6 is 46.6 Å². The van der Waals surface area contributed by atoms with E-state index < -0.39 is 10.0 Å². The van der Waals surface area contributed by atoms with Crippen molar-refractivity contribution in [3.63, 3.8) is 0 Å². The van der Waals surface area contributed by atoms with Gasteiger partial charge in [0.15, 0.2) is 0 Å². The molecule has 0 saturated carbocycles. The molecule has 1 unspecified atom stereocenters. The van der Waals surface area contributed by atoms with Crippen molar-refractivity contribution in [1.29, 1.82) is 0 Å². The van der Waals surface area contributed by atoms with E-state index in [1.807, 2.05) is 24.3 Å². The topological polar surface area (TPSA) is 37.4 Å². The smallest absolute Gasteiger partial charge is 0.207 e. The van der Waals surface area contributed by atoms with Crippen LogP contribution < -0.4 is 0 Å². The SMILES string of the molecule is O=S(=O)(c1cc(Cl)ccc1Cl)N1CCSC(c2ccccc2Cl)CC1. The summed E-state index contributed by atoms with van der Waals surface area (Å²) in [6, 6.07) is 12.2. The third kappa shape index (κ3) is 4.29. The van der Waals surface area contributed by atoms with Crippen molar-refractivity contribution in [1.82, 2.24) is 4.31 Å². The Hall–Kier alpha value is -0.430. The fourth-order valence-corrected chi connectivity index (χ4v) is 6.70. The van der Waals surface area contributed by atoms with E-state index in [1.165, 1.54) is 16.4 Å². The van der Waals surface area contributed by atoms with E-state index in [9.17, 15) is 8.42 Å². The Morgan fingerprint density at radius 2 is 1.76 bits per heavy atom. The van der Waals surface area contributed by atoms with Gasteiger partial charge in [0.25, 0.3) is 0 Å². The zero-order chi connectivity index (χ0) is 18.0. The predicted octanol–water partition coefficient (Wildman–Crippen LogP) is 5.52. The number of nitrogens with zero attached hydrogens (tertiary/aromatic N) is 1. The van der Waals surface area contributed by atoms with Gasteiger partial charge in [-0.25, -0.2) is 8.42 Å². The van der Waals surface area contributed by atoms with Crippen molar-refractivity contribution in [2.24, 2.45) is 0 Å². The summed E-state index contributed by atoms with van der Waals surface area (Å²) < 4.78 is 27.4. The van der Waals surface area contributed by atoms with Crippen LogP contribution in [-0.2, 0) is 10.0 Å². The highest BCUT2D eigenvalue weighted by Crippen LogP contribution is 2.39. The first-order valence-corrected chi connectivity index (χ1v) is 11.3. The molecule has 8 heteroatoms. The van der Waals surface area contributed by atoms with E-state index in [0.717, 1.165) is 5.56 Å². The van der Waals surface area contributed by atoms with E-state index in [-0.39, 0.29) is 15.2 Å². The number of benzene rings is 2. The Morgan fingerprint density at radius 1 is 1.00 bits per heavy atom. The molecule has 1 aliphatic heterocycles. The second-order valence-electron chi connectivity index (χ2n) is 5.65. The highest BCUT2D eigenvalue weighted by molar-refractivity contribution is 7.99. The Labute approximate surface area is 167 Å². The standard InChI is InChI=1S/C17H16Cl3NO2S2/c18-12-5-6-15(20)17(11-12)25(22,23)21-8-7-16(24-10-9-21)13-3-1-2-4-14(13)19/h1-6,11,16H,7-10H2. The van der Waals surface area contributed by atoms with Crippen molar-refractivity contribution in [2.75, 3.05) is 18.8 Å². The molecule has 0 N–H and O–H groups in total. The molecule has 0 radical (unpaired) electrons. The summed E-state index contributed by atoms with van der Waals surface area (Å²) in [5.41, 5.74) is 1.05. The van der Waals surface area contributed by atoms with Crippen LogP contribution in [0, 0.1) is 0 Å². The van der Waals surface area contributed by atoms with Crippen LogP contribution in [-0.4, -0.2) is 31.6 Å². The van der Waals surface area contributed by atoms with Gasteiger partial charge in [0, 0.05) is 34.1 Å². The van der Waals surface area contributed by atoms with Crippen LogP contribution in [0.25, 0.3) is 0 Å². The van der Waals surface area contributed by atoms with Crippen molar-refractivity contribution >= 4 is 56.6 Å². The lowest BCUT2D eigenvalue weighted by atomic mass is 10.1. The molecule has 0 aliphatic carbocycles. The summed E-state index contributed by atoms with van der Waals surface area (Å²) in [4.78, 5) is 0.0582. The second-order valence-corrected chi connectivity index (χ2v) is 10.1. The Balaban J connectivity index is 1.83. The van der Waals surface area contributed by atoms with E-state index in [2.05, 4.69) is 0 Å². The largest absolute Gasteiger partial charge is 0.244 e. The van der Waals surface area contributed by atoms with E-state index >= 15 is 0 Å². The van der Waals surface area contributed by atoms with Crippen molar-refractivity contribution in [2.45, 2.75) is 16.6 Å². The molecule has 1 aliphatic rings. The van der Waals surface area contributed by atoms with Crippen LogP contribution in [0.4, 0.5) is 0 Å². The molecule has 2 aromatic carbocycles. The lowest BCUT2D eigenvalue weighted by Crippen LogP contribution is -2.33. The van der Waals surface area contributed by atoms with Crippen LogP contribution in [0.3, 0.4) is 0 Å². The van der Waals surface area contributed by atoms with Gasteiger partial charge in [-0.3, -0.25) is 0 Å². The highest BCUT2D eigenvalue weighted by Gasteiger charge is 2.30. The van der Waals surface area contributed by atoms with Gasteiger partial charge in [0.05, 0.1) is 5.02 Å². The first-order chi connectivity index (χ1) is 11.9. The maximum Gasteiger partial charge on any atom is 0.244 e. The van der Waals surface area contributed by atoms with Gasteiger partial charge in [-0.2, -0.15) is 16.1 Å². The summed E-state index contributed by atoms with van der Waals surface area (Å²) in [5.74, 6) is 0.688. The third-order valence-corrected chi connectivity index (χ3v) is 8.33. The van der Waals surface area contributed by atoms with Gasteiger partial charge in [0.2, 0.25) is 10.0 Å². The molecule has 3 rings (SSSR count). The van der Waals surface area contributed by atoms with Gasteiger partial charge in [-0.05, 0) is 36.2 Å². The molecule has 0 spiro atoms. The van der Waals surface area contributed by atoms with Gasteiger partial charge >= 0.3 is 0 Å². The summed E-state index contributed by atoms with van der Waals surface area (Å²) in [6.45, 7) is 0.838. The predicted molar refractivity (Wildman–Crippen MR) is 106 cm³/mol. The fraction of sp³-hybridized carbons (Fsp3) is 0.294. The molecule has 3 nitrogen and oxygen atoms in total. The number of hydrogen-bond acceptors (Lipinski definition) is 3. The van der Waals surface area contributed by atoms with Gasteiger partial charge in [-0.1, -0.05) is 53.0 Å². The molecule has 0 bridgehead atoms. The minimum atomic E-state index is -3.68. The average molecular weight is 437 g/mol. The van der Waals surface area contributed by atoms with Crippen LogP contribution in [0.15, 0.2) is 47.4 Å². The van der Waals surface area contributed by atoms with E-state index in [4.69, 9.17) is 34.8 Å². The molecular weight excluding hydrogens is 421 g/mol. The third-order valence-electron chi connectivity index (χ3n) is 4.06. The van der Waals surface area contributed by atoms with Crippen LogP contribution in [0.5, 0.6) is 0 Å². The molecule has 1 fully saturated rings. The molecule has 134 valence electrons. The summed E-state index contributed by atoms with van der Waals surface area (Å²) >= 11 is 20.1. The molecule has 1 atom stereocenters. The number of halogens is 3. The maximum absolute atomic E-state index is 13.0. The second kappa shape index (κ2) is 8.07. The Morgan fingerprint density at radius 3 is 2.52 bits per heavy atom. The molecule has 2 aromatic rings. The number of sulfonamides is 1. The summed E-state index contributed by atoms with van der Waals surface area (Å²) in [6.07, 6.45) is 0.686. The Bertz CT molecular complexity index is 874. The molecule has 0 aromatic heterocycles. The summed E-state index contributed by atoms with van der Waals surface area (Å²) in [7, 11) is -3.68. The van der Waals surface area contributed by atoms with Crippen LogP contribution in [0.1, 0.15) is 17.2 Å². The maximum atomic E-state index is 13.0. The molecular formula is C17H16Cl3NO2S2.